The number of hydrogen-bond acceptors (Lipinski definition) is 3. The van der Waals surface area contributed by atoms with Crippen LogP contribution < -0.4 is 4.74 Å². The molecule has 0 aliphatic heterocycles. The van der Waals surface area contributed by atoms with Crippen LogP contribution in [0.1, 0.15) is 39.5 Å². The number of carbonyl (C=O) groups excluding carboxylic acids is 1. The minimum absolute atomic E-state index is 0.152. The summed E-state index contributed by atoms with van der Waals surface area (Å²) in [6.07, 6.45) is -3.90. The average Bonchev–Trinajstić information content (AvgIpc) is 2.58. The number of aryl methyl sites for hydroxylation is 2. The first-order chi connectivity index (χ1) is 11.8. The van der Waals surface area contributed by atoms with Crippen molar-refractivity contribution in [1.29, 1.82) is 0 Å². The molecule has 0 saturated carbocycles. The first kappa shape index (κ1) is 18.8. The molecular weight excluding hydrogens is 333 g/mol. The zero-order chi connectivity index (χ0) is 18.6. The number of ether oxygens (including phenoxy) is 2. The summed E-state index contributed by atoms with van der Waals surface area (Å²) in [5, 5.41) is 0. The Balaban J connectivity index is 2.38. The Morgan fingerprint density at radius 2 is 1.88 bits per heavy atom. The van der Waals surface area contributed by atoms with Crippen LogP contribution >= 0.6 is 0 Å². The van der Waals surface area contributed by atoms with Crippen molar-refractivity contribution >= 4 is 5.97 Å². The first-order valence-corrected chi connectivity index (χ1v) is 7.77. The van der Waals surface area contributed by atoms with Gasteiger partial charge in [0.15, 0.2) is 0 Å². The molecule has 2 aromatic carbocycles. The van der Waals surface area contributed by atoms with Crippen LogP contribution in [0.4, 0.5) is 13.2 Å². The van der Waals surface area contributed by atoms with E-state index in [-0.39, 0.29) is 12.4 Å². The Morgan fingerprint density at radius 3 is 2.48 bits per heavy atom. The Morgan fingerprint density at radius 1 is 1.16 bits per heavy atom. The van der Waals surface area contributed by atoms with Gasteiger partial charge in [0.05, 0.1) is 18.2 Å². The van der Waals surface area contributed by atoms with E-state index in [1.54, 1.807) is 25.1 Å². The van der Waals surface area contributed by atoms with Crippen LogP contribution in [0, 0.1) is 6.92 Å². The van der Waals surface area contributed by atoms with E-state index in [1.807, 2.05) is 13.0 Å². The highest BCUT2D eigenvalue weighted by molar-refractivity contribution is 5.91. The molecule has 0 bridgehead atoms. The molecule has 0 heterocycles. The summed E-state index contributed by atoms with van der Waals surface area (Å²) in [5.41, 5.74) is 1.31. The maximum absolute atomic E-state index is 13.2. The van der Waals surface area contributed by atoms with Crippen LogP contribution in [0.25, 0.3) is 0 Å². The van der Waals surface area contributed by atoms with Gasteiger partial charge in [-0.05, 0) is 37.1 Å². The molecule has 0 atom stereocenters. The third-order valence-corrected chi connectivity index (χ3v) is 3.87. The molecule has 0 aliphatic carbocycles. The molecule has 0 aromatic heterocycles. The molecule has 0 radical (unpaired) electrons. The number of benzene rings is 2. The lowest BCUT2D eigenvalue weighted by atomic mass is 9.99. The van der Waals surface area contributed by atoms with Gasteiger partial charge in [-0.2, -0.15) is 13.2 Å². The van der Waals surface area contributed by atoms with E-state index in [4.69, 9.17) is 9.47 Å². The lowest BCUT2D eigenvalue weighted by Gasteiger charge is -2.17. The molecule has 134 valence electrons. The normalized spacial score (nSPS) is 11.3. The molecule has 0 N–H and O–H groups in total. The summed E-state index contributed by atoms with van der Waals surface area (Å²) in [6.45, 7) is 3.33. The van der Waals surface area contributed by atoms with E-state index in [0.29, 0.717) is 23.1 Å². The molecule has 3 nitrogen and oxygen atoms in total. The lowest BCUT2D eigenvalue weighted by Crippen LogP contribution is -2.13. The summed E-state index contributed by atoms with van der Waals surface area (Å²) in [7, 11) is 1.26. The average molecular weight is 352 g/mol. The third kappa shape index (κ3) is 4.32. The first-order valence-electron chi connectivity index (χ1n) is 7.77. The van der Waals surface area contributed by atoms with Gasteiger partial charge in [0.2, 0.25) is 0 Å². The zero-order valence-corrected chi connectivity index (χ0v) is 14.2. The van der Waals surface area contributed by atoms with Crippen molar-refractivity contribution in [1.82, 2.24) is 0 Å². The maximum atomic E-state index is 13.2. The van der Waals surface area contributed by atoms with E-state index in [9.17, 15) is 18.0 Å². The standard InChI is InChI=1S/C19H19F3O3/c1-4-13-6-5-7-14(18(23)24-3)15(13)11-25-17-9-8-12(2)10-16(17)19(20,21)22/h5-10H,4,11H2,1-3H3. The molecular formula is C19H19F3O3. The van der Waals surface area contributed by atoms with E-state index in [0.717, 1.165) is 11.6 Å². The van der Waals surface area contributed by atoms with Gasteiger partial charge >= 0.3 is 12.1 Å². The van der Waals surface area contributed by atoms with Crippen LogP contribution in [0.3, 0.4) is 0 Å². The van der Waals surface area contributed by atoms with Crippen molar-refractivity contribution in [3.63, 3.8) is 0 Å². The van der Waals surface area contributed by atoms with Crippen LogP contribution in [-0.4, -0.2) is 13.1 Å². The van der Waals surface area contributed by atoms with E-state index in [2.05, 4.69) is 0 Å². The summed E-state index contributed by atoms with van der Waals surface area (Å²) < 4.78 is 49.8. The van der Waals surface area contributed by atoms with Crippen LogP contribution in [0.2, 0.25) is 0 Å². The minimum Gasteiger partial charge on any atom is -0.488 e. The number of hydrogen-bond donors (Lipinski definition) is 0. The van der Waals surface area contributed by atoms with Crippen molar-refractivity contribution in [2.75, 3.05) is 7.11 Å². The highest BCUT2D eigenvalue weighted by Crippen LogP contribution is 2.37. The molecule has 0 saturated heterocycles. The smallest absolute Gasteiger partial charge is 0.419 e. The number of halogens is 3. The summed E-state index contributed by atoms with van der Waals surface area (Å²) >= 11 is 0. The largest absolute Gasteiger partial charge is 0.488 e. The van der Waals surface area contributed by atoms with Crippen molar-refractivity contribution in [2.24, 2.45) is 0 Å². The topological polar surface area (TPSA) is 35.5 Å². The molecule has 25 heavy (non-hydrogen) atoms. The van der Waals surface area contributed by atoms with Gasteiger partial charge < -0.3 is 9.47 Å². The van der Waals surface area contributed by atoms with Crippen molar-refractivity contribution < 1.29 is 27.4 Å². The predicted molar refractivity (Wildman–Crippen MR) is 87.7 cm³/mol. The molecule has 0 aliphatic rings. The van der Waals surface area contributed by atoms with Crippen molar-refractivity contribution in [2.45, 2.75) is 33.1 Å². The second-order valence-corrected chi connectivity index (χ2v) is 5.57. The van der Waals surface area contributed by atoms with Crippen molar-refractivity contribution in [3.05, 3.63) is 64.2 Å². The molecule has 0 unspecified atom stereocenters. The van der Waals surface area contributed by atoms with Gasteiger partial charge in [0, 0.05) is 5.56 Å². The number of rotatable bonds is 5. The molecule has 0 fully saturated rings. The SMILES string of the molecule is CCc1cccc(C(=O)OC)c1COc1ccc(C)cc1C(F)(F)F. The van der Waals surface area contributed by atoms with E-state index >= 15 is 0 Å². The predicted octanol–water partition coefficient (Wildman–Crippen LogP) is 4.94. The number of methoxy groups -OCH3 is 1. The van der Waals surface area contributed by atoms with E-state index in [1.165, 1.54) is 13.2 Å². The molecule has 6 heteroatoms. The third-order valence-electron chi connectivity index (χ3n) is 3.87. The van der Waals surface area contributed by atoms with Gasteiger partial charge in [0.25, 0.3) is 0 Å². The summed E-state index contributed by atoms with van der Waals surface area (Å²) in [6, 6.07) is 8.99. The fourth-order valence-electron chi connectivity index (χ4n) is 2.58. The second-order valence-electron chi connectivity index (χ2n) is 5.57. The minimum atomic E-state index is -4.52. The molecule has 0 amide bonds. The summed E-state index contributed by atoms with van der Waals surface area (Å²) in [4.78, 5) is 11.9. The van der Waals surface area contributed by atoms with Gasteiger partial charge in [-0.25, -0.2) is 4.79 Å². The Kier molecular flexibility index (Phi) is 5.72. The quantitative estimate of drug-likeness (QED) is 0.715. The zero-order valence-electron chi connectivity index (χ0n) is 14.2. The van der Waals surface area contributed by atoms with Crippen LogP contribution in [0.15, 0.2) is 36.4 Å². The molecule has 2 aromatic rings. The maximum Gasteiger partial charge on any atom is 0.419 e. The van der Waals surface area contributed by atoms with Gasteiger partial charge in [-0.1, -0.05) is 30.7 Å². The Bertz CT molecular complexity index is 767. The molecule has 2 rings (SSSR count). The fraction of sp³-hybridized carbons (Fsp3) is 0.316. The Labute approximate surface area is 144 Å². The van der Waals surface area contributed by atoms with Gasteiger partial charge in [0.1, 0.15) is 12.4 Å². The van der Waals surface area contributed by atoms with Crippen LogP contribution in [0.5, 0.6) is 5.75 Å². The number of alkyl halides is 3. The second kappa shape index (κ2) is 7.59. The molecule has 0 spiro atoms. The highest BCUT2D eigenvalue weighted by atomic mass is 19.4. The lowest BCUT2D eigenvalue weighted by molar-refractivity contribution is -0.139. The van der Waals surface area contributed by atoms with Gasteiger partial charge in [-0.3, -0.25) is 0 Å². The van der Waals surface area contributed by atoms with Gasteiger partial charge in [-0.15, -0.1) is 0 Å². The van der Waals surface area contributed by atoms with Crippen molar-refractivity contribution in [3.8, 4) is 5.75 Å². The summed E-state index contributed by atoms with van der Waals surface area (Å²) in [5.74, 6) is -0.811. The Hall–Kier alpha value is -2.50. The van der Waals surface area contributed by atoms with E-state index < -0.39 is 17.7 Å². The monoisotopic (exact) mass is 352 g/mol. The highest BCUT2D eigenvalue weighted by Gasteiger charge is 2.34. The van der Waals surface area contributed by atoms with Crippen LogP contribution in [-0.2, 0) is 23.9 Å². The number of carbonyl (C=O) groups is 1. The fourth-order valence-corrected chi connectivity index (χ4v) is 2.58. The number of esters is 1.